The van der Waals surface area contributed by atoms with Crippen LogP contribution in [0.15, 0.2) is 0 Å². The van der Waals surface area contributed by atoms with Gasteiger partial charge in [-0.05, 0) is 0 Å². The molecule has 4 nitrogen and oxygen atoms in total. The molecule has 0 aliphatic heterocycles. The fraction of sp³-hybridized carbons (Fsp3) is 0. The molecule has 0 aliphatic rings. The third-order valence-electron chi connectivity index (χ3n) is 0.149. The topological polar surface area (TPSA) is 63.6 Å². The van der Waals surface area contributed by atoms with Gasteiger partial charge in [-0.1, -0.05) is 0 Å². The van der Waals surface area contributed by atoms with Crippen molar-refractivity contribution in [2.45, 2.75) is 0 Å². The monoisotopic (exact) mass is 132 g/mol. The molecule has 0 saturated carbocycles. The Morgan fingerprint density at radius 1 is 1.71 bits per heavy atom. The Hall–Kier alpha value is 0.200. The maximum atomic E-state index is 9.15. The molecule has 0 spiro atoms. The van der Waals surface area contributed by atoms with Crippen LogP contribution in [0, 0.1) is 0 Å². The zero-order valence-electron chi connectivity index (χ0n) is 2.75. The van der Waals surface area contributed by atoms with Gasteiger partial charge in [0.25, 0.3) is 0 Å². The van der Waals surface area contributed by atoms with Gasteiger partial charge in [0.1, 0.15) is 0 Å². The predicted molar refractivity (Wildman–Crippen MR) is 23.7 cm³/mol. The third kappa shape index (κ3) is 10.7. The summed E-state index contributed by atoms with van der Waals surface area (Å²) in [5, 5.41) is 7.46. The number of ether oxygens (including phenoxy) is 1. The Bertz CT molecular complexity index is 70.1. The van der Waals surface area contributed by atoms with E-state index in [1.54, 1.807) is 0 Å². The van der Waals surface area contributed by atoms with E-state index in [0.717, 1.165) is 0 Å². The molecule has 0 aliphatic carbocycles. The third-order valence-corrected chi connectivity index (χ3v) is 0.149. The minimum absolute atomic E-state index is 0. The summed E-state index contributed by atoms with van der Waals surface area (Å²) in [6, 6.07) is 0. The number of hydrogen-bond acceptors (Lipinski definition) is 3. The van der Waals surface area contributed by atoms with Gasteiger partial charge in [-0.15, -0.1) is 0 Å². The van der Waals surface area contributed by atoms with Crippen molar-refractivity contribution in [3.8, 4) is 0 Å². The molecular formula is C2H4CaO4. The van der Waals surface area contributed by atoms with E-state index in [2.05, 4.69) is 4.74 Å². The second-order valence-electron chi connectivity index (χ2n) is 0.480. The Morgan fingerprint density at radius 2 is 2.14 bits per heavy atom. The first-order valence-corrected chi connectivity index (χ1v) is 1.10. The van der Waals surface area contributed by atoms with Crippen molar-refractivity contribution in [1.82, 2.24) is 0 Å². The molecule has 0 aromatic rings. The summed E-state index contributed by atoms with van der Waals surface area (Å²) in [5.41, 5.74) is 0. The molecule has 0 saturated heterocycles. The minimum atomic E-state index is -1.58. The first-order valence-electron chi connectivity index (χ1n) is 1.10. The van der Waals surface area contributed by atoms with Crippen LogP contribution in [0.1, 0.15) is 0 Å². The molecule has 0 heterocycles. The molecule has 38 valence electrons. The van der Waals surface area contributed by atoms with Gasteiger partial charge in [0.05, 0.1) is 0 Å². The summed E-state index contributed by atoms with van der Waals surface area (Å²) in [4.78, 5) is 18.2. The van der Waals surface area contributed by atoms with Gasteiger partial charge in [0.15, 0.2) is 0 Å². The molecule has 1 N–H and O–H groups in total. The Labute approximate surface area is 69.5 Å². The maximum absolute atomic E-state index is 9.15. The number of hydrogen-bond donors (Lipinski definition) is 1. The fourth-order valence-electron chi connectivity index (χ4n) is 0.0412. The summed E-state index contributed by atoms with van der Waals surface area (Å²) >= 11 is 0. The summed E-state index contributed by atoms with van der Waals surface area (Å²) in [6.45, 7) is -0.150. The van der Waals surface area contributed by atoms with E-state index in [1.807, 2.05) is 0 Å². The van der Waals surface area contributed by atoms with Crippen LogP contribution in [0.5, 0.6) is 0 Å². The van der Waals surface area contributed by atoms with Crippen molar-refractivity contribution in [3.63, 3.8) is 0 Å². The van der Waals surface area contributed by atoms with Crippen molar-refractivity contribution < 1.29 is 19.4 Å². The Kier molecular flexibility index (Phi) is 9.07. The Morgan fingerprint density at radius 3 is 2.14 bits per heavy atom. The molecule has 0 radical (unpaired) electrons. The van der Waals surface area contributed by atoms with E-state index in [-0.39, 0.29) is 44.2 Å². The number of carbonyl (C=O) groups is 2. The van der Waals surface area contributed by atoms with E-state index in [4.69, 9.17) is 14.7 Å². The molecule has 0 fully saturated rings. The van der Waals surface area contributed by atoms with Crippen molar-refractivity contribution >= 4 is 50.4 Å². The zero-order valence-corrected chi connectivity index (χ0v) is 2.75. The van der Waals surface area contributed by atoms with Crippen LogP contribution in [-0.2, 0) is 9.53 Å². The van der Waals surface area contributed by atoms with E-state index in [1.165, 1.54) is 0 Å². The molecule has 0 aromatic heterocycles. The first kappa shape index (κ1) is 10.2. The van der Waals surface area contributed by atoms with Gasteiger partial charge in [0.2, 0.25) is 0 Å². The van der Waals surface area contributed by atoms with E-state index >= 15 is 0 Å². The SMILES string of the molecule is O=COC(=O)O.[CaH2]. The zero-order chi connectivity index (χ0) is 4.99. The van der Waals surface area contributed by atoms with Crippen molar-refractivity contribution in [1.29, 1.82) is 0 Å². The van der Waals surface area contributed by atoms with Crippen LogP contribution < -0.4 is 0 Å². The van der Waals surface area contributed by atoms with Crippen LogP contribution in [0.3, 0.4) is 0 Å². The molecule has 5 heteroatoms. The van der Waals surface area contributed by atoms with E-state index in [9.17, 15) is 0 Å². The molecular weight excluding hydrogens is 128 g/mol. The van der Waals surface area contributed by atoms with Crippen molar-refractivity contribution in [2.75, 3.05) is 0 Å². The van der Waals surface area contributed by atoms with Gasteiger partial charge in [-0.2, -0.15) is 0 Å². The Balaban J connectivity index is 0. The second-order valence-corrected chi connectivity index (χ2v) is 0.480. The van der Waals surface area contributed by atoms with Gasteiger partial charge in [-0.25, -0.2) is 4.79 Å². The van der Waals surface area contributed by atoms with Crippen molar-refractivity contribution in [3.05, 3.63) is 0 Å². The van der Waals surface area contributed by atoms with Crippen molar-refractivity contribution in [2.24, 2.45) is 0 Å². The summed E-state index contributed by atoms with van der Waals surface area (Å²) in [6.07, 6.45) is -1.58. The molecule has 0 aromatic carbocycles. The van der Waals surface area contributed by atoms with Crippen LogP contribution in [0.4, 0.5) is 4.79 Å². The van der Waals surface area contributed by atoms with Gasteiger partial charge in [0, 0.05) is 0 Å². The van der Waals surface area contributed by atoms with E-state index < -0.39 is 6.16 Å². The standard InChI is InChI=1S/C2H2O4.Ca.2H/c3-1-6-2(4)5;;;/h1H,(H,4,5);;;. The molecule has 0 rings (SSSR count). The van der Waals surface area contributed by atoms with Crippen LogP contribution in [0.25, 0.3) is 0 Å². The quantitative estimate of drug-likeness (QED) is 0.213. The van der Waals surface area contributed by atoms with Gasteiger partial charge >= 0.3 is 50.4 Å². The summed E-state index contributed by atoms with van der Waals surface area (Å²) in [5.74, 6) is 0. The normalized spacial score (nSPS) is 5.71. The molecule has 0 bridgehead atoms. The number of rotatable bonds is 1. The molecule has 7 heavy (non-hydrogen) atoms. The number of carboxylic acid groups (broad SMARTS) is 1. The molecule has 0 atom stereocenters. The average molecular weight is 132 g/mol. The van der Waals surface area contributed by atoms with Crippen LogP contribution in [-0.4, -0.2) is 55.5 Å². The van der Waals surface area contributed by atoms with Crippen LogP contribution >= 0.6 is 0 Å². The summed E-state index contributed by atoms with van der Waals surface area (Å²) < 4.78 is 3.28. The van der Waals surface area contributed by atoms with Gasteiger partial charge in [-0.3, -0.25) is 4.79 Å². The van der Waals surface area contributed by atoms with E-state index in [0.29, 0.717) is 0 Å². The predicted octanol–water partition coefficient (Wildman–Crippen LogP) is -1.08. The summed E-state index contributed by atoms with van der Waals surface area (Å²) in [7, 11) is 0. The van der Waals surface area contributed by atoms with Gasteiger partial charge < -0.3 is 9.84 Å². The second kappa shape index (κ2) is 6.20. The first-order chi connectivity index (χ1) is 2.77. The molecule has 0 amide bonds. The van der Waals surface area contributed by atoms with Crippen LogP contribution in [0.2, 0.25) is 0 Å². The number of carbonyl (C=O) groups excluding carboxylic acids is 1. The average Bonchev–Trinajstić information content (AvgIpc) is 1.35. The molecule has 0 unspecified atom stereocenters. The fourth-order valence-corrected chi connectivity index (χ4v) is 0.0412.